The number of aryl methyl sites for hydroxylation is 2. The minimum atomic E-state index is -0.304. The Hall–Kier alpha value is -1.96. The predicted octanol–water partition coefficient (Wildman–Crippen LogP) is 3.87. The molecule has 18 heavy (non-hydrogen) atoms. The van der Waals surface area contributed by atoms with Crippen molar-refractivity contribution in [2.24, 2.45) is 0 Å². The minimum Gasteiger partial charge on any atom is -0.294 e. The van der Waals surface area contributed by atoms with E-state index in [2.05, 4.69) is 0 Å². The van der Waals surface area contributed by atoms with Crippen LogP contribution in [0.3, 0.4) is 0 Å². The van der Waals surface area contributed by atoms with E-state index >= 15 is 0 Å². The minimum absolute atomic E-state index is 0.0381. The Balaban J connectivity index is 2.28. The molecule has 0 N–H and O–H groups in total. The van der Waals surface area contributed by atoms with E-state index in [-0.39, 0.29) is 18.0 Å². The van der Waals surface area contributed by atoms with Crippen LogP contribution in [0.5, 0.6) is 0 Å². The summed E-state index contributed by atoms with van der Waals surface area (Å²) in [5, 5.41) is 0. The van der Waals surface area contributed by atoms with Gasteiger partial charge in [0.2, 0.25) is 0 Å². The van der Waals surface area contributed by atoms with Crippen LogP contribution in [0.4, 0.5) is 4.39 Å². The molecule has 0 aliphatic rings. The number of halogens is 1. The van der Waals surface area contributed by atoms with Gasteiger partial charge in [0.25, 0.3) is 0 Å². The maximum atomic E-state index is 13.1. The first kappa shape index (κ1) is 12.5. The molecule has 0 atom stereocenters. The van der Waals surface area contributed by atoms with Gasteiger partial charge in [-0.05, 0) is 42.7 Å². The second-order valence-electron chi connectivity index (χ2n) is 4.50. The lowest BCUT2D eigenvalue weighted by Gasteiger charge is -2.08. The molecule has 2 heteroatoms. The standard InChI is InChI=1S/C16H15FO/c1-11-5-3-6-12(2)16(11)15(18)10-13-7-4-8-14(17)9-13/h3-9H,10H2,1-2H3. The van der Waals surface area contributed by atoms with E-state index in [1.807, 2.05) is 32.0 Å². The van der Waals surface area contributed by atoms with Gasteiger partial charge in [0, 0.05) is 12.0 Å². The number of Topliss-reactive ketones (excluding diaryl/α,β-unsaturated/α-hetero) is 1. The lowest BCUT2D eigenvalue weighted by atomic mass is 9.95. The summed E-state index contributed by atoms with van der Waals surface area (Å²) in [6.07, 6.45) is 0.240. The van der Waals surface area contributed by atoms with Crippen molar-refractivity contribution in [1.82, 2.24) is 0 Å². The summed E-state index contributed by atoms with van der Waals surface area (Å²) in [6, 6.07) is 12.0. The highest BCUT2D eigenvalue weighted by atomic mass is 19.1. The topological polar surface area (TPSA) is 17.1 Å². The van der Waals surface area contributed by atoms with Gasteiger partial charge in [0.1, 0.15) is 5.82 Å². The Morgan fingerprint density at radius 3 is 2.28 bits per heavy atom. The third-order valence-corrected chi connectivity index (χ3v) is 3.01. The van der Waals surface area contributed by atoms with Crippen LogP contribution in [0.2, 0.25) is 0 Å². The van der Waals surface area contributed by atoms with Gasteiger partial charge in [-0.1, -0.05) is 30.3 Å². The Kier molecular flexibility index (Phi) is 3.56. The fourth-order valence-corrected chi connectivity index (χ4v) is 2.17. The molecule has 0 fully saturated rings. The molecule has 2 aromatic carbocycles. The van der Waals surface area contributed by atoms with Gasteiger partial charge in [-0.25, -0.2) is 4.39 Å². The smallest absolute Gasteiger partial charge is 0.167 e. The van der Waals surface area contributed by atoms with Crippen LogP contribution >= 0.6 is 0 Å². The average Bonchev–Trinajstić information content (AvgIpc) is 2.28. The van der Waals surface area contributed by atoms with Crippen LogP contribution in [0.1, 0.15) is 27.0 Å². The molecule has 0 aliphatic heterocycles. The van der Waals surface area contributed by atoms with E-state index in [1.54, 1.807) is 12.1 Å². The largest absolute Gasteiger partial charge is 0.294 e. The van der Waals surface area contributed by atoms with Gasteiger partial charge < -0.3 is 0 Å². The third kappa shape index (κ3) is 2.65. The van der Waals surface area contributed by atoms with Crippen molar-refractivity contribution in [1.29, 1.82) is 0 Å². The van der Waals surface area contributed by atoms with Crippen LogP contribution in [0.25, 0.3) is 0 Å². The lowest BCUT2D eigenvalue weighted by Crippen LogP contribution is -2.08. The van der Waals surface area contributed by atoms with Crippen molar-refractivity contribution >= 4 is 5.78 Å². The summed E-state index contributed by atoms with van der Waals surface area (Å²) in [7, 11) is 0. The molecular weight excluding hydrogens is 227 g/mol. The van der Waals surface area contributed by atoms with Crippen molar-refractivity contribution in [3.8, 4) is 0 Å². The molecule has 0 aliphatic carbocycles. The molecule has 0 bridgehead atoms. The maximum Gasteiger partial charge on any atom is 0.167 e. The van der Waals surface area contributed by atoms with Crippen LogP contribution in [-0.4, -0.2) is 5.78 Å². The first-order chi connectivity index (χ1) is 8.58. The van der Waals surface area contributed by atoms with Crippen LogP contribution in [0.15, 0.2) is 42.5 Å². The molecule has 1 nitrogen and oxygen atoms in total. The zero-order valence-corrected chi connectivity index (χ0v) is 10.5. The Labute approximate surface area is 106 Å². The van der Waals surface area contributed by atoms with Gasteiger partial charge >= 0.3 is 0 Å². The average molecular weight is 242 g/mol. The van der Waals surface area contributed by atoms with E-state index in [1.165, 1.54) is 12.1 Å². The van der Waals surface area contributed by atoms with Crippen molar-refractivity contribution < 1.29 is 9.18 Å². The fraction of sp³-hybridized carbons (Fsp3) is 0.188. The Bertz CT molecular complexity index is 567. The fourth-order valence-electron chi connectivity index (χ4n) is 2.17. The molecule has 0 amide bonds. The molecule has 0 unspecified atom stereocenters. The SMILES string of the molecule is Cc1cccc(C)c1C(=O)Cc1cccc(F)c1. The molecule has 0 radical (unpaired) electrons. The highest BCUT2D eigenvalue weighted by Crippen LogP contribution is 2.16. The Morgan fingerprint density at radius 2 is 1.67 bits per heavy atom. The molecule has 92 valence electrons. The van der Waals surface area contributed by atoms with Gasteiger partial charge in [-0.2, -0.15) is 0 Å². The van der Waals surface area contributed by atoms with E-state index in [0.717, 1.165) is 16.7 Å². The first-order valence-electron chi connectivity index (χ1n) is 5.92. The molecule has 0 spiro atoms. The molecular formula is C16H15FO. The van der Waals surface area contributed by atoms with Crippen molar-refractivity contribution in [2.45, 2.75) is 20.3 Å². The summed E-state index contributed by atoms with van der Waals surface area (Å²) in [6.45, 7) is 3.84. The highest BCUT2D eigenvalue weighted by molar-refractivity contribution is 6.00. The molecule has 0 aromatic heterocycles. The normalized spacial score (nSPS) is 10.4. The van der Waals surface area contributed by atoms with Gasteiger partial charge in [0.15, 0.2) is 5.78 Å². The second-order valence-corrected chi connectivity index (χ2v) is 4.50. The van der Waals surface area contributed by atoms with Gasteiger partial charge in [-0.3, -0.25) is 4.79 Å². The molecule has 2 aromatic rings. The Morgan fingerprint density at radius 1 is 1.06 bits per heavy atom. The summed E-state index contributed by atoms with van der Waals surface area (Å²) >= 11 is 0. The highest BCUT2D eigenvalue weighted by Gasteiger charge is 2.12. The maximum absolute atomic E-state index is 13.1. The van der Waals surface area contributed by atoms with E-state index in [0.29, 0.717) is 5.56 Å². The van der Waals surface area contributed by atoms with Crippen molar-refractivity contribution in [2.75, 3.05) is 0 Å². The van der Waals surface area contributed by atoms with E-state index < -0.39 is 0 Å². The number of carbonyl (C=O) groups excluding carboxylic acids is 1. The zero-order chi connectivity index (χ0) is 13.1. The number of ketones is 1. The van der Waals surface area contributed by atoms with Gasteiger partial charge in [-0.15, -0.1) is 0 Å². The van der Waals surface area contributed by atoms with E-state index in [4.69, 9.17) is 0 Å². The van der Waals surface area contributed by atoms with Crippen molar-refractivity contribution in [3.05, 3.63) is 70.5 Å². The molecule has 2 rings (SSSR count). The number of benzene rings is 2. The lowest BCUT2D eigenvalue weighted by molar-refractivity contribution is 0.0992. The molecule has 0 saturated carbocycles. The second kappa shape index (κ2) is 5.13. The summed E-state index contributed by atoms with van der Waals surface area (Å²) in [5.74, 6) is -0.266. The molecule has 0 saturated heterocycles. The summed E-state index contributed by atoms with van der Waals surface area (Å²) in [5.41, 5.74) is 3.40. The van der Waals surface area contributed by atoms with E-state index in [9.17, 15) is 9.18 Å². The summed E-state index contributed by atoms with van der Waals surface area (Å²) in [4.78, 5) is 12.2. The van der Waals surface area contributed by atoms with Crippen LogP contribution in [0, 0.1) is 19.7 Å². The van der Waals surface area contributed by atoms with Crippen LogP contribution < -0.4 is 0 Å². The molecule has 0 heterocycles. The number of rotatable bonds is 3. The monoisotopic (exact) mass is 242 g/mol. The number of hydrogen-bond donors (Lipinski definition) is 0. The quantitative estimate of drug-likeness (QED) is 0.747. The van der Waals surface area contributed by atoms with Crippen molar-refractivity contribution in [3.63, 3.8) is 0 Å². The predicted molar refractivity (Wildman–Crippen MR) is 70.4 cm³/mol. The first-order valence-corrected chi connectivity index (χ1v) is 5.92. The number of hydrogen-bond acceptors (Lipinski definition) is 1. The van der Waals surface area contributed by atoms with Crippen LogP contribution in [-0.2, 0) is 6.42 Å². The summed E-state index contributed by atoms with van der Waals surface area (Å²) < 4.78 is 13.1. The zero-order valence-electron chi connectivity index (χ0n) is 10.5. The van der Waals surface area contributed by atoms with Gasteiger partial charge in [0.05, 0.1) is 0 Å². The number of carbonyl (C=O) groups is 1. The third-order valence-electron chi connectivity index (χ3n) is 3.01.